The van der Waals surface area contributed by atoms with E-state index >= 15 is 0 Å². The lowest BCUT2D eigenvalue weighted by Gasteiger charge is -1.97. The SMILES string of the molecule is Cc1ncc(C)n2nc(CCc3nc(-c4ncccn4)nn3C)nc12. The number of hydrogen-bond acceptors (Lipinski definition) is 7. The Morgan fingerprint density at radius 2 is 1.72 bits per heavy atom. The van der Waals surface area contributed by atoms with Crippen molar-refractivity contribution < 1.29 is 0 Å². The number of aryl methyl sites for hydroxylation is 5. The predicted molar refractivity (Wildman–Crippen MR) is 89.7 cm³/mol. The van der Waals surface area contributed by atoms with Crippen LogP contribution >= 0.6 is 0 Å². The second kappa shape index (κ2) is 6.00. The lowest BCUT2D eigenvalue weighted by Crippen LogP contribution is -2.03. The molecule has 0 fully saturated rings. The molecule has 0 aliphatic heterocycles. The monoisotopic (exact) mass is 335 g/mol. The van der Waals surface area contributed by atoms with E-state index in [0.717, 1.165) is 28.7 Å². The first-order chi connectivity index (χ1) is 12.1. The van der Waals surface area contributed by atoms with Gasteiger partial charge >= 0.3 is 0 Å². The molecular formula is C16H17N9. The van der Waals surface area contributed by atoms with Crippen LogP contribution in [0.3, 0.4) is 0 Å². The van der Waals surface area contributed by atoms with E-state index in [2.05, 4.69) is 35.1 Å². The van der Waals surface area contributed by atoms with Crippen molar-refractivity contribution in [2.24, 2.45) is 7.05 Å². The lowest BCUT2D eigenvalue weighted by molar-refractivity contribution is 0.683. The number of hydrogen-bond donors (Lipinski definition) is 0. The molecule has 9 heteroatoms. The molecule has 0 saturated carbocycles. The first kappa shape index (κ1) is 15.3. The summed E-state index contributed by atoms with van der Waals surface area (Å²) in [4.78, 5) is 21.8. The molecule has 4 aromatic heterocycles. The highest BCUT2D eigenvalue weighted by Gasteiger charge is 2.13. The van der Waals surface area contributed by atoms with E-state index in [9.17, 15) is 0 Å². The zero-order valence-electron chi connectivity index (χ0n) is 14.2. The molecule has 4 rings (SSSR count). The van der Waals surface area contributed by atoms with Crippen LogP contribution in [0.15, 0.2) is 24.7 Å². The van der Waals surface area contributed by atoms with Gasteiger partial charge in [-0.25, -0.2) is 24.5 Å². The van der Waals surface area contributed by atoms with Crippen LogP contribution in [0.1, 0.15) is 23.0 Å². The van der Waals surface area contributed by atoms with Gasteiger partial charge < -0.3 is 0 Å². The molecule has 4 heterocycles. The molecule has 0 aliphatic carbocycles. The number of nitrogens with zero attached hydrogens (tertiary/aromatic N) is 9. The van der Waals surface area contributed by atoms with E-state index in [4.69, 9.17) is 0 Å². The third-order valence-electron chi connectivity index (χ3n) is 3.94. The Morgan fingerprint density at radius 3 is 2.48 bits per heavy atom. The van der Waals surface area contributed by atoms with Crippen molar-refractivity contribution in [3.8, 4) is 11.6 Å². The maximum atomic E-state index is 4.59. The maximum Gasteiger partial charge on any atom is 0.219 e. The molecular weight excluding hydrogens is 318 g/mol. The summed E-state index contributed by atoms with van der Waals surface area (Å²) in [5.74, 6) is 2.65. The van der Waals surface area contributed by atoms with Crippen molar-refractivity contribution in [2.75, 3.05) is 0 Å². The molecule has 4 aromatic rings. The highest BCUT2D eigenvalue weighted by molar-refractivity contribution is 5.43. The van der Waals surface area contributed by atoms with Crippen LogP contribution in [0.25, 0.3) is 17.3 Å². The van der Waals surface area contributed by atoms with Gasteiger partial charge in [-0.05, 0) is 19.9 Å². The van der Waals surface area contributed by atoms with Gasteiger partial charge in [0.25, 0.3) is 0 Å². The smallest absolute Gasteiger partial charge is 0.219 e. The fourth-order valence-electron chi connectivity index (χ4n) is 2.61. The van der Waals surface area contributed by atoms with E-state index in [-0.39, 0.29) is 0 Å². The number of rotatable bonds is 4. The molecule has 0 N–H and O–H groups in total. The van der Waals surface area contributed by atoms with Crippen LogP contribution < -0.4 is 0 Å². The average Bonchev–Trinajstić information content (AvgIpc) is 3.22. The van der Waals surface area contributed by atoms with Crippen LogP contribution in [-0.4, -0.2) is 44.3 Å². The normalized spacial score (nSPS) is 11.3. The highest BCUT2D eigenvalue weighted by Crippen LogP contribution is 2.12. The Morgan fingerprint density at radius 1 is 0.920 bits per heavy atom. The van der Waals surface area contributed by atoms with E-state index in [1.54, 1.807) is 29.3 Å². The molecule has 0 bridgehead atoms. The van der Waals surface area contributed by atoms with Crippen LogP contribution in [0.4, 0.5) is 0 Å². The van der Waals surface area contributed by atoms with E-state index < -0.39 is 0 Å². The topological polar surface area (TPSA) is 99.6 Å². The number of fused-ring (bicyclic) bond motifs is 1. The Labute approximate surface area is 143 Å². The minimum atomic E-state index is 0.521. The minimum absolute atomic E-state index is 0.521. The van der Waals surface area contributed by atoms with Crippen molar-refractivity contribution in [3.05, 3.63) is 47.7 Å². The highest BCUT2D eigenvalue weighted by atomic mass is 15.3. The van der Waals surface area contributed by atoms with Crippen LogP contribution in [0.2, 0.25) is 0 Å². The molecule has 0 aliphatic rings. The Bertz CT molecular complexity index is 994. The van der Waals surface area contributed by atoms with Crippen LogP contribution in [0.5, 0.6) is 0 Å². The molecule has 0 spiro atoms. The molecule has 0 saturated heterocycles. The molecule has 126 valence electrons. The van der Waals surface area contributed by atoms with Gasteiger partial charge in [-0.1, -0.05) is 0 Å². The van der Waals surface area contributed by atoms with Crippen molar-refractivity contribution in [2.45, 2.75) is 26.7 Å². The maximum absolute atomic E-state index is 4.59. The molecule has 0 aromatic carbocycles. The third-order valence-corrected chi connectivity index (χ3v) is 3.94. The average molecular weight is 335 g/mol. The largest absolute Gasteiger partial charge is 0.256 e. The minimum Gasteiger partial charge on any atom is -0.256 e. The van der Waals surface area contributed by atoms with Gasteiger partial charge in [0.15, 0.2) is 17.3 Å². The Kier molecular flexibility index (Phi) is 3.68. The summed E-state index contributed by atoms with van der Waals surface area (Å²) in [5, 5.41) is 8.95. The molecule has 0 unspecified atom stereocenters. The van der Waals surface area contributed by atoms with Gasteiger partial charge in [-0.2, -0.15) is 5.10 Å². The molecule has 0 atom stereocenters. The molecule has 9 nitrogen and oxygen atoms in total. The summed E-state index contributed by atoms with van der Waals surface area (Å²) < 4.78 is 3.58. The zero-order valence-corrected chi connectivity index (χ0v) is 14.2. The van der Waals surface area contributed by atoms with Crippen molar-refractivity contribution in [3.63, 3.8) is 0 Å². The second-order valence-electron chi connectivity index (χ2n) is 5.80. The van der Waals surface area contributed by atoms with E-state index in [0.29, 0.717) is 24.5 Å². The van der Waals surface area contributed by atoms with Crippen molar-refractivity contribution in [1.82, 2.24) is 44.3 Å². The van der Waals surface area contributed by atoms with Crippen LogP contribution in [0, 0.1) is 13.8 Å². The van der Waals surface area contributed by atoms with Gasteiger partial charge in [0, 0.05) is 38.5 Å². The predicted octanol–water partition coefficient (Wildman–Crippen LogP) is 1.11. The lowest BCUT2D eigenvalue weighted by atomic mass is 10.3. The fourth-order valence-corrected chi connectivity index (χ4v) is 2.61. The van der Waals surface area contributed by atoms with Gasteiger partial charge in [0.1, 0.15) is 5.82 Å². The fraction of sp³-hybridized carbons (Fsp3) is 0.312. The molecule has 0 amide bonds. The second-order valence-corrected chi connectivity index (χ2v) is 5.80. The van der Waals surface area contributed by atoms with Gasteiger partial charge in [-0.3, -0.25) is 9.67 Å². The summed E-state index contributed by atoms with van der Waals surface area (Å²) >= 11 is 0. The van der Waals surface area contributed by atoms with Gasteiger partial charge in [-0.15, -0.1) is 5.10 Å². The van der Waals surface area contributed by atoms with Gasteiger partial charge in [0.2, 0.25) is 5.82 Å². The first-order valence-electron chi connectivity index (χ1n) is 7.97. The third kappa shape index (κ3) is 2.84. The standard InChI is InChI=1S/C16H17N9/c1-10-9-19-11(2)16-20-12(22-25(10)16)5-6-13-21-15(23-24(13)3)14-17-7-4-8-18-14/h4,7-9H,5-6H2,1-3H3. The van der Waals surface area contributed by atoms with Gasteiger partial charge in [0.05, 0.1) is 11.4 Å². The quantitative estimate of drug-likeness (QED) is 0.551. The van der Waals surface area contributed by atoms with Crippen molar-refractivity contribution >= 4 is 5.65 Å². The zero-order chi connectivity index (χ0) is 17.4. The summed E-state index contributed by atoms with van der Waals surface area (Å²) in [6, 6.07) is 1.77. The van der Waals surface area contributed by atoms with Crippen LogP contribution in [-0.2, 0) is 19.9 Å². The molecule has 25 heavy (non-hydrogen) atoms. The number of aromatic nitrogens is 9. The summed E-state index contributed by atoms with van der Waals surface area (Å²) in [7, 11) is 1.87. The summed E-state index contributed by atoms with van der Waals surface area (Å²) in [6.45, 7) is 3.90. The van der Waals surface area contributed by atoms with Crippen molar-refractivity contribution in [1.29, 1.82) is 0 Å². The Balaban J connectivity index is 1.57. The molecule has 0 radical (unpaired) electrons. The first-order valence-corrected chi connectivity index (χ1v) is 7.97. The Hall–Kier alpha value is -3.23. The van der Waals surface area contributed by atoms with E-state index in [1.807, 2.05) is 25.4 Å². The van der Waals surface area contributed by atoms with E-state index in [1.165, 1.54) is 0 Å². The summed E-state index contributed by atoms with van der Waals surface area (Å²) in [5.41, 5.74) is 2.62. The summed E-state index contributed by atoms with van der Waals surface area (Å²) in [6.07, 6.45) is 6.51.